The number of nitrogens with zero attached hydrogens (tertiary/aromatic N) is 5. The Morgan fingerprint density at radius 1 is 1.11 bits per heavy atom. The molecule has 2 N–H and O–H groups in total. The van der Waals surface area contributed by atoms with Gasteiger partial charge in [0.2, 0.25) is 5.16 Å². The fourth-order valence-corrected chi connectivity index (χ4v) is 3.62. The number of ether oxygens (including phenoxy) is 1. The van der Waals surface area contributed by atoms with Gasteiger partial charge in [-0.05, 0) is 49.2 Å². The zero-order valence-electron chi connectivity index (χ0n) is 15.2. The number of nitrogens with two attached hydrogens (primary N) is 1. The van der Waals surface area contributed by atoms with Gasteiger partial charge in [-0.1, -0.05) is 23.9 Å². The van der Waals surface area contributed by atoms with Crippen molar-refractivity contribution in [2.45, 2.75) is 31.4 Å². The van der Waals surface area contributed by atoms with E-state index < -0.39 is 0 Å². The Hall–Kier alpha value is -3.00. The van der Waals surface area contributed by atoms with Gasteiger partial charge in [0.25, 0.3) is 0 Å². The summed E-state index contributed by atoms with van der Waals surface area (Å²) in [6.07, 6.45) is 3.98. The number of hydrogen-bond acceptors (Lipinski definition) is 6. The third-order valence-corrected chi connectivity index (χ3v) is 5.04. The number of pyridine rings is 1. The molecule has 8 heteroatoms. The molecule has 0 bridgehead atoms. The molecule has 0 aliphatic heterocycles. The minimum atomic E-state index is 0.265. The van der Waals surface area contributed by atoms with Crippen LogP contribution in [-0.4, -0.2) is 24.3 Å². The monoisotopic (exact) mass is 380 g/mol. The van der Waals surface area contributed by atoms with Gasteiger partial charge in [-0.3, -0.25) is 0 Å². The Kier molecular flexibility index (Phi) is 4.72. The van der Waals surface area contributed by atoms with Crippen molar-refractivity contribution in [2.24, 2.45) is 0 Å². The molecule has 0 aliphatic carbocycles. The molecular weight excluding hydrogens is 360 g/mol. The van der Waals surface area contributed by atoms with E-state index in [0.29, 0.717) is 16.7 Å². The zero-order chi connectivity index (χ0) is 18.8. The second-order valence-electron chi connectivity index (χ2n) is 6.37. The van der Waals surface area contributed by atoms with Gasteiger partial charge < -0.3 is 15.0 Å². The number of aromatic nitrogens is 5. The normalized spacial score (nSPS) is 11.2. The molecule has 0 spiro atoms. The van der Waals surface area contributed by atoms with E-state index in [9.17, 15) is 0 Å². The van der Waals surface area contributed by atoms with Gasteiger partial charge in [-0.15, -0.1) is 10.2 Å². The zero-order valence-corrected chi connectivity index (χ0v) is 16.0. The molecule has 4 rings (SSSR count). The van der Waals surface area contributed by atoms with E-state index in [4.69, 9.17) is 10.6 Å². The van der Waals surface area contributed by atoms with Crippen LogP contribution < -0.4 is 10.6 Å². The molecule has 3 aromatic heterocycles. The maximum atomic E-state index is 6.13. The lowest BCUT2D eigenvalue weighted by Gasteiger charge is -2.08. The topological polar surface area (TPSA) is 83.3 Å². The van der Waals surface area contributed by atoms with Crippen LogP contribution in [0.5, 0.6) is 5.75 Å². The number of benzene rings is 1. The van der Waals surface area contributed by atoms with E-state index in [1.54, 1.807) is 0 Å². The van der Waals surface area contributed by atoms with Gasteiger partial charge in [-0.25, -0.2) is 9.66 Å². The SMILES string of the molecule is Cc1cc(C)cc(OCc2nnc(SCc3cn4ccccc4n3)n2N)c1. The molecule has 7 nitrogen and oxygen atoms in total. The minimum absolute atomic E-state index is 0.265. The number of hydrogen-bond donors (Lipinski definition) is 1. The lowest BCUT2D eigenvalue weighted by Crippen LogP contribution is -2.15. The van der Waals surface area contributed by atoms with Crippen LogP contribution in [0.4, 0.5) is 0 Å². The number of rotatable bonds is 6. The Morgan fingerprint density at radius 2 is 1.93 bits per heavy atom. The number of aryl methyl sites for hydroxylation is 2. The molecule has 0 radical (unpaired) electrons. The highest BCUT2D eigenvalue weighted by Crippen LogP contribution is 2.21. The van der Waals surface area contributed by atoms with Gasteiger partial charge in [0.05, 0.1) is 5.69 Å². The van der Waals surface area contributed by atoms with Gasteiger partial charge in [0, 0.05) is 18.1 Å². The molecule has 0 amide bonds. The smallest absolute Gasteiger partial charge is 0.210 e. The Bertz CT molecular complexity index is 1030. The molecule has 3 heterocycles. The average Bonchev–Trinajstić information content (AvgIpc) is 3.20. The summed E-state index contributed by atoms with van der Waals surface area (Å²) in [4.78, 5) is 4.58. The first kappa shape index (κ1) is 17.4. The van der Waals surface area contributed by atoms with Crippen LogP contribution in [0.2, 0.25) is 0 Å². The molecule has 0 aliphatic rings. The first-order valence-electron chi connectivity index (χ1n) is 8.54. The maximum absolute atomic E-state index is 6.13. The van der Waals surface area contributed by atoms with Crippen LogP contribution in [0.1, 0.15) is 22.6 Å². The molecular formula is C19H20N6OS. The van der Waals surface area contributed by atoms with Crippen LogP contribution >= 0.6 is 11.8 Å². The number of thioether (sulfide) groups is 1. The first-order chi connectivity index (χ1) is 13.1. The summed E-state index contributed by atoms with van der Waals surface area (Å²) >= 11 is 1.50. The summed E-state index contributed by atoms with van der Waals surface area (Å²) in [5.74, 6) is 8.17. The predicted octanol–water partition coefficient (Wildman–Crippen LogP) is 3.13. The van der Waals surface area contributed by atoms with Crippen LogP contribution in [0.3, 0.4) is 0 Å². The van der Waals surface area contributed by atoms with Crippen molar-refractivity contribution in [3.05, 3.63) is 71.4 Å². The van der Waals surface area contributed by atoms with Crippen molar-refractivity contribution < 1.29 is 4.74 Å². The molecule has 27 heavy (non-hydrogen) atoms. The molecule has 138 valence electrons. The molecule has 0 saturated heterocycles. The number of imidazole rings is 1. The van der Waals surface area contributed by atoms with E-state index >= 15 is 0 Å². The second-order valence-corrected chi connectivity index (χ2v) is 7.31. The summed E-state index contributed by atoms with van der Waals surface area (Å²) in [6, 6.07) is 12.0. The van der Waals surface area contributed by atoms with Crippen molar-refractivity contribution in [1.29, 1.82) is 0 Å². The molecule has 1 aromatic carbocycles. The third kappa shape index (κ3) is 3.90. The summed E-state index contributed by atoms with van der Waals surface area (Å²) in [5.41, 5.74) is 4.19. The largest absolute Gasteiger partial charge is 0.486 e. The lowest BCUT2D eigenvalue weighted by molar-refractivity contribution is 0.291. The van der Waals surface area contributed by atoms with E-state index in [-0.39, 0.29) is 6.61 Å². The first-order valence-corrected chi connectivity index (χ1v) is 9.53. The highest BCUT2D eigenvalue weighted by Gasteiger charge is 2.12. The second kappa shape index (κ2) is 7.32. The van der Waals surface area contributed by atoms with Crippen molar-refractivity contribution in [2.75, 3.05) is 5.84 Å². The van der Waals surface area contributed by atoms with Crippen molar-refractivity contribution in [3.8, 4) is 5.75 Å². The van der Waals surface area contributed by atoms with Crippen LogP contribution in [0, 0.1) is 13.8 Å². The van der Waals surface area contributed by atoms with Gasteiger partial charge in [0.15, 0.2) is 5.82 Å². The summed E-state index contributed by atoms with van der Waals surface area (Å²) in [6.45, 7) is 4.35. The van der Waals surface area contributed by atoms with E-state index in [1.165, 1.54) is 16.4 Å². The standard InChI is InChI=1S/C19H20N6OS/c1-13-7-14(2)9-16(8-13)26-11-18-22-23-19(25(18)20)27-12-15-10-24-6-4-3-5-17(24)21-15/h3-10H,11-12,20H2,1-2H3. The molecule has 0 saturated carbocycles. The van der Waals surface area contributed by atoms with Crippen LogP contribution in [-0.2, 0) is 12.4 Å². The van der Waals surface area contributed by atoms with Crippen LogP contribution in [0.25, 0.3) is 5.65 Å². The van der Waals surface area contributed by atoms with Crippen molar-refractivity contribution in [1.82, 2.24) is 24.3 Å². The lowest BCUT2D eigenvalue weighted by atomic mass is 10.1. The average molecular weight is 380 g/mol. The summed E-state index contributed by atoms with van der Waals surface area (Å²) < 4.78 is 9.29. The molecule has 4 aromatic rings. The Labute approximate surface area is 161 Å². The predicted molar refractivity (Wildman–Crippen MR) is 105 cm³/mol. The maximum Gasteiger partial charge on any atom is 0.210 e. The highest BCUT2D eigenvalue weighted by molar-refractivity contribution is 7.98. The Morgan fingerprint density at radius 3 is 2.70 bits per heavy atom. The van der Waals surface area contributed by atoms with E-state index in [1.807, 2.05) is 61.0 Å². The summed E-state index contributed by atoms with van der Waals surface area (Å²) in [5, 5.41) is 8.95. The fourth-order valence-electron chi connectivity index (χ4n) is 2.86. The third-order valence-electron chi connectivity index (χ3n) is 4.06. The fraction of sp³-hybridized carbons (Fsp3) is 0.211. The van der Waals surface area contributed by atoms with E-state index in [0.717, 1.165) is 28.2 Å². The van der Waals surface area contributed by atoms with E-state index in [2.05, 4.69) is 21.2 Å². The number of nitrogen functional groups attached to an aromatic ring is 1. The van der Waals surface area contributed by atoms with Crippen molar-refractivity contribution in [3.63, 3.8) is 0 Å². The highest BCUT2D eigenvalue weighted by atomic mass is 32.2. The van der Waals surface area contributed by atoms with Gasteiger partial charge in [-0.2, -0.15) is 0 Å². The van der Waals surface area contributed by atoms with Gasteiger partial charge in [0.1, 0.15) is 18.0 Å². The molecule has 0 atom stereocenters. The summed E-state index contributed by atoms with van der Waals surface area (Å²) in [7, 11) is 0. The number of fused-ring (bicyclic) bond motifs is 1. The quantitative estimate of drug-likeness (QED) is 0.409. The van der Waals surface area contributed by atoms with Crippen LogP contribution in [0.15, 0.2) is 53.9 Å². The minimum Gasteiger partial charge on any atom is -0.486 e. The van der Waals surface area contributed by atoms with Crippen molar-refractivity contribution >= 4 is 17.4 Å². The van der Waals surface area contributed by atoms with Gasteiger partial charge >= 0.3 is 0 Å². The molecule has 0 unspecified atom stereocenters. The molecule has 0 fully saturated rings. The Balaban J connectivity index is 1.40.